The molecule has 0 spiro atoms. The van der Waals surface area contributed by atoms with Gasteiger partial charge in [-0.2, -0.15) is 0 Å². The second-order valence-electron chi connectivity index (χ2n) is 10.5. The van der Waals surface area contributed by atoms with Crippen LogP contribution in [0.15, 0.2) is 78.7 Å². The third-order valence-electron chi connectivity index (χ3n) is 7.92. The van der Waals surface area contributed by atoms with Gasteiger partial charge in [0.25, 0.3) is 0 Å². The highest BCUT2D eigenvalue weighted by Crippen LogP contribution is 2.43. The maximum atomic E-state index is 11.1. The number of rotatable bonds is 7. The lowest BCUT2D eigenvalue weighted by Crippen LogP contribution is -2.16. The predicted octanol–water partition coefficient (Wildman–Crippen LogP) is 8.52. The first-order chi connectivity index (χ1) is 20.1. The summed E-state index contributed by atoms with van der Waals surface area (Å²) >= 11 is 3.38. The molecule has 1 aliphatic rings. The smallest absolute Gasteiger partial charge is 0.303 e. The van der Waals surface area contributed by atoms with E-state index in [-0.39, 0.29) is 12.3 Å². The van der Waals surface area contributed by atoms with E-state index in [0.717, 1.165) is 73.8 Å². The fourth-order valence-electron chi connectivity index (χ4n) is 5.83. The van der Waals surface area contributed by atoms with Crippen LogP contribution in [0.3, 0.4) is 0 Å². The summed E-state index contributed by atoms with van der Waals surface area (Å²) in [5.74, 6) is 0.810. The maximum absolute atomic E-state index is 11.1. The first kappa shape index (κ1) is 25.7. The number of fused-ring (bicyclic) bond motifs is 2. The number of aromatic nitrogens is 4. The minimum atomic E-state index is -0.693. The number of benzene rings is 2. The lowest BCUT2D eigenvalue weighted by Gasteiger charge is -2.27. The molecule has 7 nitrogen and oxygen atoms in total. The Hall–Kier alpha value is -4.21. The van der Waals surface area contributed by atoms with E-state index >= 15 is 0 Å². The molecule has 0 saturated heterocycles. The Balaban J connectivity index is 1.11. The Morgan fingerprint density at radius 3 is 2.44 bits per heavy atom. The number of carboxylic acids is 1. The van der Waals surface area contributed by atoms with E-state index in [4.69, 9.17) is 5.11 Å². The molecule has 4 heterocycles. The van der Waals surface area contributed by atoms with Gasteiger partial charge in [-0.25, -0.2) is 19.9 Å². The number of carboxylic acid groups (broad SMARTS) is 1. The Bertz CT molecular complexity index is 1840. The molecule has 1 aliphatic carbocycles. The van der Waals surface area contributed by atoms with Crippen LogP contribution in [0.2, 0.25) is 0 Å². The topological polar surface area (TPSA) is 101 Å². The zero-order valence-corrected chi connectivity index (χ0v) is 23.8. The second-order valence-corrected chi connectivity index (χ2v) is 12.5. The number of aliphatic carboxylic acids is 1. The molecule has 0 radical (unpaired) electrons. The molecule has 9 heteroatoms. The molecule has 1 saturated carbocycles. The van der Waals surface area contributed by atoms with Crippen LogP contribution >= 0.6 is 22.7 Å². The lowest BCUT2D eigenvalue weighted by atomic mass is 9.78. The molecule has 0 amide bonds. The van der Waals surface area contributed by atoms with Crippen molar-refractivity contribution in [1.82, 2.24) is 19.9 Å². The summed E-state index contributed by atoms with van der Waals surface area (Å²) in [6, 6.07) is 20.7. The van der Waals surface area contributed by atoms with Crippen LogP contribution in [0, 0.1) is 5.92 Å². The number of thiophene rings is 2. The standard InChI is InChI=1S/C32H27N5O2S2/c38-27(39)14-19-6-8-20(9-7-19)24-16-40-31-28(34-18-35-29(24)31)22-10-12-23(13-11-22)37-32-30-25(33-17-36-32)15-26(41-30)21-4-2-1-3-5-21/h1-5,10-13,15-20H,6-9,14H2,(H,38,39)(H,33,36,37). The van der Waals surface area contributed by atoms with Gasteiger partial charge in [-0.1, -0.05) is 42.5 Å². The van der Waals surface area contributed by atoms with Crippen molar-refractivity contribution in [2.45, 2.75) is 38.0 Å². The molecule has 2 aromatic carbocycles. The van der Waals surface area contributed by atoms with Gasteiger partial charge >= 0.3 is 5.97 Å². The molecule has 7 rings (SSSR count). The maximum Gasteiger partial charge on any atom is 0.303 e. The van der Waals surface area contributed by atoms with Crippen molar-refractivity contribution in [3.63, 3.8) is 0 Å². The van der Waals surface area contributed by atoms with Crippen LogP contribution in [0.25, 0.3) is 42.1 Å². The molecule has 0 unspecified atom stereocenters. The number of carbonyl (C=O) groups is 1. The minimum absolute atomic E-state index is 0.276. The molecule has 6 aromatic rings. The van der Waals surface area contributed by atoms with Crippen LogP contribution in [0.4, 0.5) is 11.5 Å². The van der Waals surface area contributed by atoms with Gasteiger partial charge in [0.15, 0.2) is 5.82 Å². The van der Waals surface area contributed by atoms with Gasteiger partial charge in [0.2, 0.25) is 0 Å². The number of nitrogens with zero attached hydrogens (tertiary/aromatic N) is 4. The van der Waals surface area contributed by atoms with Crippen molar-refractivity contribution < 1.29 is 9.90 Å². The summed E-state index contributed by atoms with van der Waals surface area (Å²) < 4.78 is 2.12. The fourth-order valence-corrected chi connectivity index (χ4v) is 8.00. The van der Waals surface area contributed by atoms with Crippen molar-refractivity contribution in [3.05, 3.63) is 84.3 Å². The van der Waals surface area contributed by atoms with Gasteiger partial charge in [-0.3, -0.25) is 4.79 Å². The number of nitrogens with one attached hydrogen (secondary N) is 1. The average Bonchev–Trinajstić information content (AvgIpc) is 3.64. The largest absolute Gasteiger partial charge is 0.481 e. The van der Waals surface area contributed by atoms with E-state index in [1.807, 2.05) is 18.2 Å². The zero-order chi connectivity index (χ0) is 27.8. The van der Waals surface area contributed by atoms with Gasteiger partial charge in [0.1, 0.15) is 12.7 Å². The Labute approximate surface area is 245 Å². The Morgan fingerprint density at radius 1 is 0.878 bits per heavy atom. The molecular weight excluding hydrogens is 551 g/mol. The average molecular weight is 578 g/mol. The van der Waals surface area contributed by atoms with Gasteiger partial charge in [0, 0.05) is 22.5 Å². The molecule has 2 N–H and O–H groups in total. The van der Waals surface area contributed by atoms with Crippen molar-refractivity contribution in [2.24, 2.45) is 5.92 Å². The predicted molar refractivity (Wildman–Crippen MR) is 166 cm³/mol. The first-order valence-electron chi connectivity index (χ1n) is 13.7. The van der Waals surface area contributed by atoms with E-state index in [1.165, 1.54) is 11.1 Å². The summed E-state index contributed by atoms with van der Waals surface area (Å²) in [5, 5.41) is 14.9. The van der Waals surface area contributed by atoms with Gasteiger partial charge in [-0.05, 0) is 72.2 Å². The van der Waals surface area contributed by atoms with Crippen LogP contribution in [-0.4, -0.2) is 31.0 Å². The summed E-state index contributed by atoms with van der Waals surface area (Å²) in [7, 11) is 0. The normalized spacial score (nSPS) is 17.2. The van der Waals surface area contributed by atoms with Crippen LogP contribution in [-0.2, 0) is 4.79 Å². The van der Waals surface area contributed by atoms with E-state index in [0.29, 0.717) is 5.92 Å². The van der Waals surface area contributed by atoms with E-state index in [2.05, 4.69) is 73.1 Å². The monoisotopic (exact) mass is 577 g/mol. The van der Waals surface area contributed by atoms with Crippen LogP contribution < -0.4 is 5.32 Å². The van der Waals surface area contributed by atoms with E-state index in [1.54, 1.807) is 35.3 Å². The summed E-state index contributed by atoms with van der Waals surface area (Å²) in [6.45, 7) is 0. The Kier molecular flexibility index (Phi) is 6.90. The van der Waals surface area contributed by atoms with Crippen LogP contribution in [0.1, 0.15) is 43.6 Å². The lowest BCUT2D eigenvalue weighted by molar-refractivity contribution is -0.138. The molecule has 204 valence electrons. The zero-order valence-electron chi connectivity index (χ0n) is 22.2. The van der Waals surface area contributed by atoms with Crippen molar-refractivity contribution in [2.75, 3.05) is 5.32 Å². The van der Waals surface area contributed by atoms with E-state index < -0.39 is 5.97 Å². The highest BCUT2D eigenvalue weighted by molar-refractivity contribution is 7.22. The van der Waals surface area contributed by atoms with Gasteiger partial charge < -0.3 is 10.4 Å². The number of hydrogen-bond acceptors (Lipinski definition) is 8. The highest BCUT2D eigenvalue weighted by atomic mass is 32.1. The van der Waals surface area contributed by atoms with Crippen LogP contribution in [0.5, 0.6) is 0 Å². The molecule has 1 fully saturated rings. The third-order valence-corrected chi connectivity index (χ3v) is 10.1. The molecule has 4 aromatic heterocycles. The van der Waals surface area contributed by atoms with Gasteiger partial charge in [0.05, 0.1) is 26.1 Å². The molecular formula is C32H27N5O2S2. The molecule has 0 atom stereocenters. The fraction of sp³-hybridized carbons (Fsp3) is 0.219. The van der Waals surface area contributed by atoms with Crippen molar-refractivity contribution in [1.29, 1.82) is 0 Å². The summed E-state index contributed by atoms with van der Waals surface area (Å²) in [4.78, 5) is 30.6. The molecule has 0 aliphatic heterocycles. The summed E-state index contributed by atoms with van der Waals surface area (Å²) in [6.07, 6.45) is 7.48. The SMILES string of the molecule is O=C(O)CC1CCC(c2csc3c(-c4ccc(Nc5ncnc6cc(-c7ccccc7)sc56)cc4)ncnc23)CC1. The third kappa shape index (κ3) is 5.18. The Morgan fingerprint density at radius 2 is 1.66 bits per heavy atom. The minimum Gasteiger partial charge on any atom is -0.481 e. The van der Waals surface area contributed by atoms with E-state index in [9.17, 15) is 4.79 Å². The quantitative estimate of drug-likeness (QED) is 0.196. The number of hydrogen-bond donors (Lipinski definition) is 2. The highest BCUT2D eigenvalue weighted by Gasteiger charge is 2.26. The molecule has 41 heavy (non-hydrogen) atoms. The van der Waals surface area contributed by atoms with Crippen molar-refractivity contribution in [3.8, 4) is 21.7 Å². The molecule has 0 bridgehead atoms. The second kappa shape index (κ2) is 11.0. The van der Waals surface area contributed by atoms with Crippen molar-refractivity contribution >= 4 is 60.6 Å². The number of anilines is 2. The van der Waals surface area contributed by atoms with Gasteiger partial charge in [-0.15, -0.1) is 22.7 Å². The first-order valence-corrected chi connectivity index (χ1v) is 15.4. The summed E-state index contributed by atoms with van der Waals surface area (Å²) in [5.41, 5.74) is 7.32.